The van der Waals surface area contributed by atoms with Gasteiger partial charge in [-0.3, -0.25) is 0 Å². The molecule has 2 atom stereocenters. The molecule has 112 valence electrons. The minimum Gasteiger partial charge on any atom is -0.309 e. The summed E-state index contributed by atoms with van der Waals surface area (Å²) in [4.78, 5) is 0. The molecule has 3 nitrogen and oxygen atoms in total. The number of hydrogen-bond acceptors (Lipinski definition) is 3. The predicted molar refractivity (Wildman–Crippen MR) is 83.8 cm³/mol. The van der Waals surface area contributed by atoms with Gasteiger partial charge in [-0.2, -0.15) is 0 Å². The van der Waals surface area contributed by atoms with Crippen molar-refractivity contribution in [2.75, 3.05) is 18.1 Å². The van der Waals surface area contributed by atoms with Crippen LogP contribution in [0.15, 0.2) is 24.3 Å². The second-order valence-corrected chi connectivity index (χ2v) is 8.56. The maximum atomic E-state index is 11.5. The standard InChI is InChI=1S/C15H22ClNO2S/c1-11(2)15(13-5-3-4-6-14(13)16)17-9-12-7-8-20(18,19)10-12/h3-6,11-12,15,17H,7-10H2,1-2H3/t12-,15+/m1/s1. The quantitative estimate of drug-likeness (QED) is 0.908. The number of halogens is 1. The van der Waals surface area contributed by atoms with Gasteiger partial charge in [-0.05, 0) is 36.4 Å². The molecule has 1 saturated heterocycles. The summed E-state index contributed by atoms with van der Waals surface area (Å²) in [5, 5.41) is 4.27. The van der Waals surface area contributed by atoms with E-state index in [0.29, 0.717) is 17.4 Å². The van der Waals surface area contributed by atoms with Gasteiger partial charge in [-0.25, -0.2) is 8.42 Å². The predicted octanol–water partition coefficient (Wildman–Crippen LogP) is 3.06. The molecule has 1 heterocycles. The highest BCUT2D eigenvalue weighted by atomic mass is 35.5. The summed E-state index contributed by atoms with van der Waals surface area (Å²) >= 11 is 6.27. The molecule has 0 amide bonds. The molecule has 0 unspecified atom stereocenters. The SMILES string of the molecule is CC(C)[C@H](NC[C@H]1CCS(=O)(=O)C1)c1ccccc1Cl. The van der Waals surface area contributed by atoms with E-state index >= 15 is 0 Å². The van der Waals surface area contributed by atoms with Crippen LogP contribution in [-0.2, 0) is 9.84 Å². The van der Waals surface area contributed by atoms with Gasteiger partial charge in [-0.15, -0.1) is 0 Å². The van der Waals surface area contributed by atoms with Gasteiger partial charge in [0, 0.05) is 11.1 Å². The van der Waals surface area contributed by atoms with Crippen molar-refractivity contribution in [3.63, 3.8) is 0 Å². The Morgan fingerprint density at radius 3 is 2.60 bits per heavy atom. The molecule has 0 aromatic heterocycles. The minimum absolute atomic E-state index is 0.159. The Morgan fingerprint density at radius 2 is 2.05 bits per heavy atom. The highest BCUT2D eigenvalue weighted by Gasteiger charge is 2.28. The zero-order chi connectivity index (χ0) is 14.8. The molecule has 1 aliphatic heterocycles. The fourth-order valence-corrected chi connectivity index (χ4v) is 4.87. The highest BCUT2D eigenvalue weighted by Crippen LogP contribution is 2.29. The molecule has 1 aromatic rings. The third kappa shape index (κ3) is 3.96. The first-order valence-corrected chi connectivity index (χ1v) is 9.27. The summed E-state index contributed by atoms with van der Waals surface area (Å²) in [5.74, 6) is 1.27. The molecular weight excluding hydrogens is 294 g/mol. The van der Waals surface area contributed by atoms with Crippen LogP contribution in [-0.4, -0.2) is 26.5 Å². The van der Waals surface area contributed by atoms with Gasteiger partial charge in [0.1, 0.15) is 0 Å². The lowest BCUT2D eigenvalue weighted by molar-refractivity contribution is 0.381. The first-order valence-electron chi connectivity index (χ1n) is 7.07. The normalized spacial score (nSPS) is 23.1. The van der Waals surface area contributed by atoms with Crippen LogP contribution in [0, 0.1) is 11.8 Å². The van der Waals surface area contributed by atoms with Crippen molar-refractivity contribution in [2.24, 2.45) is 11.8 Å². The van der Waals surface area contributed by atoms with Crippen molar-refractivity contribution >= 4 is 21.4 Å². The molecule has 0 spiro atoms. The Balaban J connectivity index is 2.03. The van der Waals surface area contributed by atoms with E-state index in [1.165, 1.54) is 0 Å². The van der Waals surface area contributed by atoms with Crippen molar-refractivity contribution in [3.8, 4) is 0 Å². The monoisotopic (exact) mass is 315 g/mol. The molecule has 0 aliphatic carbocycles. The fraction of sp³-hybridized carbons (Fsp3) is 0.600. The van der Waals surface area contributed by atoms with Crippen molar-refractivity contribution in [1.82, 2.24) is 5.32 Å². The summed E-state index contributed by atoms with van der Waals surface area (Å²) in [5.41, 5.74) is 1.09. The number of sulfone groups is 1. The smallest absolute Gasteiger partial charge is 0.150 e. The van der Waals surface area contributed by atoms with Crippen LogP contribution in [0.3, 0.4) is 0 Å². The van der Waals surface area contributed by atoms with E-state index in [4.69, 9.17) is 11.6 Å². The van der Waals surface area contributed by atoms with E-state index in [0.717, 1.165) is 23.6 Å². The van der Waals surface area contributed by atoms with Crippen LogP contribution in [0.5, 0.6) is 0 Å². The lowest BCUT2D eigenvalue weighted by Gasteiger charge is -2.25. The zero-order valence-electron chi connectivity index (χ0n) is 12.0. The molecule has 1 aromatic carbocycles. The Hall–Kier alpha value is -0.580. The molecular formula is C15H22ClNO2S. The van der Waals surface area contributed by atoms with Gasteiger partial charge in [0.15, 0.2) is 9.84 Å². The van der Waals surface area contributed by atoms with Crippen LogP contribution in [0.25, 0.3) is 0 Å². The molecule has 1 N–H and O–H groups in total. The molecule has 20 heavy (non-hydrogen) atoms. The third-order valence-corrected chi connectivity index (χ3v) is 6.04. The maximum Gasteiger partial charge on any atom is 0.150 e. The van der Waals surface area contributed by atoms with Crippen LogP contribution in [0.1, 0.15) is 31.9 Å². The second-order valence-electron chi connectivity index (χ2n) is 5.92. The maximum absolute atomic E-state index is 11.5. The number of nitrogens with one attached hydrogen (secondary N) is 1. The van der Waals surface area contributed by atoms with Gasteiger partial charge in [0.25, 0.3) is 0 Å². The Labute approximate surface area is 126 Å². The zero-order valence-corrected chi connectivity index (χ0v) is 13.5. The van der Waals surface area contributed by atoms with Gasteiger partial charge in [0.2, 0.25) is 0 Å². The molecule has 2 rings (SSSR count). The Bertz CT molecular complexity index is 557. The van der Waals surface area contributed by atoms with Crippen molar-refractivity contribution in [3.05, 3.63) is 34.9 Å². The van der Waals surface area contributed by atoms with E-state index in [9.17, 15) is 8.42 Å². The first kappa shape index (κ1) is 15.8. The molecule has 0 bridgehead atoms. The largest absolute Gasteiger partial charge is 0.309 e. The molecule has 0 saturated carbocycles. The minimum atomic E-state index is -2.80. The Kier molecular flexibility index (Phi) is 5.10. The van der Waals surface area contributed by atoms with E-state index in [2.05, 4.69) is 19.2 Å². The van der Waals surface area contributed by atoms with E-state index in [1.54, 1.807) is 0 Å². The van der Waals surface area contributed by atoms with E-state index in [-0.39, 0.29) is 12.0 Å². The first-order chi connectivity index (χ1) is 9.39. The van der Waals surface area contributed by atoms with Gasteiger partial charge >= 0.3 is 0 Å². The van der Waals surface area contributed by atoms with Gasteiger partial charge in [0.05, 0.1) is 11.5 Å². The summed E-state index contributed by atoms with van der Waals surface area (Å²) in [6, 6.07) is 8.00. The van der Waals surface area contributed by atoms with E-state index in [1.807, 2.05) is 24.3 Å². The number of rotatable bonds is 5. The van der Waals surface area contributed by atoms with Gasteiger partial charge < -0.3 is 5.32 Å². The van der Waals surface area contributed by atoms with Crippen LogP contribution in [0.4, 0.5) is 0 Å². The lowest BCUT2D eigenvalue weighted by atomic mass is 9.95. The number of benzene rings is 1. The molecule has 5 heteroatoms. The highest BCUT2D eigenvalue weighted by molar-refractivity contribution is 7.91. The van der Waals surface area contributed by atoms with Crippen LogP contribution in [0.2, 0.25) is 5.02 Å². The summed E-state index contributed by atoms with van der Waals surface area (Å²) in [6.45, 7) is 5.02. The average molecular weight is 316 g/mol. The lowest BCUT2D eigenvalue weighted by Crippen LogP contribution is -2.31. The van der Waals surface area contributed by atoms with Crippen LogP contribution < -0.4 is 5.32 Å². The fourth-order valence-electron chi connectivity index (χ4n) is 2.76. The number of hydrogen-bond donors (Lipinski definition) is 1. The van der Waals surface area contributed by atoms with Crippen molar-refractivity contribution in [2.45, 2.75) is 26.3 Å². The topological polar surface area (TPSA) is 46.2 Å². The third-order valence-electron chi connectivity index (χ3n) is 3.86. The second kappa shape index (κ2) is 6.46. The molecule has 0 radical (unpaired) electrons. The van der Waals surface area contributed by atoms with Crippen molar-refractivity contribution in [1.29, 1.82) is 0 Å². The van der Waals surface area contributed by atoms with Crippen molar-refractivity contribution < 1.29 is 8.42 Å². The molecule has 1 fully saturated rings. The van der Waals surface area contributed by atoms with E-state index < -0.39 is 9.84 Å². The average Bonchev–Trinajstić information content (AvgIpc) is 2.71. The summed E-state index contributed by atoms with van der Waals surface area (Å²) in [6.07, 6.45) is 0.767. The summed E-state index contributed by atoms with van der Waals surface area (Å²) < 4.78 is 23.0. The Morgan fingerprint density at radius 1 is 1.35 bits per heavy atom. The van der Waals surface area contributed by atoms with Crippen LogP contribution >= 0.6 is 11.6 Å². The van der Waals surface area contributed by atoms with Gasteiger partial charge in [-0.1, -0.05) is 43.6 Å². The molecule has 1 aliphatic rings. The summed E-state index contributed by atoms with van der Waals surface area (Å²) in [7, 11) is -2.80.